The van der Waals surface area contributed by atoms with Crippen LogP contribution < -0.4 is 0 Å². The van der Waals surface area contributed by atoms with Gasteiger partial charge in [-0.15, -0.1) is 0 Å². The van der Waals surface area contributed by atoms with Crippen LogP contribution in [0.2, 0.25) is 0 Å². The lowest BCUT2D eigenvalue weighted by Crippen LogP contribution is -2.19. The maximum absolute atomic E-state index is 12.1. The number of halogens is 3. The molecule has 4 heteroatoms. The molecule has 0 amide bonds. The molecule has 0 aromatic rings. The first kappa shape index (κ1) is 10.8. The molecule has 0 aliphatic heterocycles. The van der Waals surface area contributed by atoms with Gasteiger partial charge in [-0.2, -0.15) is 0 Å². The van der Waals surface area contributed by atoms with Crippen molar-refractivity contribution < 1.29 is 13.6 Å². The summed E-state index contributed by atoms with van der Waals surface area (Å²) in [5.74, 6) is -1.11. The van der Waals surface area contributed by atoms with Crippen molar-refractivity contribution in [3.05, 3.63) is 0 Å². The van der Waals surface area contributed by atoms with E-state index in [-0.39, 0.29) is 12.3 Å². The first-order valence-corrected chi connectivity index (χ1v) is 3.79. The van der Waals surface area contributed by atoms with Crippen LogP contribution in [0.15, 0.2) is 0 Å². The molecule has 0 aliphatic carbocycles. The summed E-state index contributed by atoms with van der Waals surface area (Å²) in [7, 11) is 0. The van der Waals surface area contributed by atoms with Gasteiger partial charge in [-0.3, -0.25) is 4.79 Å². The van der Waals surface area contributed by atoms with E-state index in [4.69, 9.17) is 11.6 Å². The average molecular weight is 185 g/mol. The predicted molar refractivity (Wildman–Crippen MR) is 39.8 cm³/mol. The van der Waals surface area contributed by atoms with Crippen molar-refractivity contribution in [3.8, 4) is 0 Å². The number of alkyl halides is 2. The normalized spacial score (nSPS) is 14.1. The minimum absolute atomic E-state index is 0.210. The van der Waals surface area contributed by atoms with Gasteiger partial charge in [0.2, 0.25) is 11.7 Å². The SMILES string of the molecule is CC(C)C(CC(=O)Cl)C(F)F. The van der Waals surface area contributed by atoms with E-state index in [0.29, 0.717) is 0 Å². The van der Waals surface area contributed by atoms with Crippen LogP contribution in [0.4, 0.5) is 8.78 Å². The van der Waals surface area contributed by atoms with Gasteiger partial charge in [0.05, 0.1) is 0 Å². The Morgan fingerprint density at radius 1 is 1.45 bits per heavy atom. The molecule has 0 aromatic heterocycles. The molecule has 1 atom stereocenters. The summed E-state index contributed by atoms with van der Waals surface area (Å²) in [6.07, 6.45) is -2.70. The van der Waals surface area contributed by atoms with Crippen molar-refractivity contribution in [3.63, 3.8) is 0 Å². The molecule has 0 rings (SSSR count). The fourth-order valence-electron chi connectivity index (χ4n) is 0.801. The van der Waals surface area contributed by atoms with Crippen LogP contribution in [0.1, 0.15) is 20.3 Å². The van der Waals surface area contributed by atoms with E-state index < -0.39 is 17.6 Å². The van der Waals surface area contributed by atoms with E-state index in [0.717, 1.165) is 0 Å². The summed E-state index contributed by atoms with van der Waals surface area (Å²) in [5.41, 5.74) is 0. The molecule has 0 spiro atoms. The van der Waals surface area contributed by atoms with E-state index in [2.05, 4.69) is 0 Å². The first-order chi connectivity index (χ1) is 4.95. The molecule has 0 aromatic carbocycles. The Kier molecular flexibility index (Phi) is 4.57. The van der Waals surface area contributed by atoms with Gasteiger partial charge in [0, 0.05) is 12.3 Å². The van der Waals surface area contributed by atoms with E-state index in [1.54, 1.807) is 13.8 Å². The number of rotatable bonds is 4. The molecule has 0 N–H and O–H groups in total. The predicted octanol–water partition coefficient (Wildman–Crippen LogP) is 2.68. The van der Waals surface area contributed by atoms with Crippen LogP contribution in [0.25, 0.3) is 0 Å². The number of carbonyl (C=O) groups is 1. The smallest absolute Gasteiger partial charge is 0.242 e. The minimum atomic E-state index is -2.46. The molecular formula is C7H11ClF2O. The first-order valence-electron chi connectivity index (χ1n) is 3.41. The number of carbonyl (C=O) groups excluding carboxylic acids is 1. The highest BCUT2D eigenvalue weighted by atomic mass is 35.5. The second-order valence-corrected chi connectivity index (χ2v) is 3.22. The third-order valence-corrected chi connectivity index (χ3v) is 1.73. The molecule has 1 unspecified atom stereocenters. The molecule has 0 saturated heterocycles. The number of hydrogen-bond donors (Lipinski definition) is 0. The third kappa shape index (κ3) is 4.30. The molecule has 0 saturated carbocycles. The van der Waals surface area contributed by atoms with Gasteiger partial charge >= 0.3 is 0 Å². The van der Waals surface area contributed by atoms with Crippen LogP contribution in [0.3, 0.4) is 0 Å². The van der Waals surface area contributed by atoms with Crippen molar-refractivity contribution in [1.82, 2.24) is 0 Å². The van der Waals surface area contributed by atoms with Crippen molar-refractivity contribution >= 4 is 16.8 Å². The van der Waals surface area contributed by atoms with Crippen LogP contribution in [0, 0.1) is 11.8 Å². The van der Waals surface area contributed by atoms with Gasteiger partial charge in [0.15, 0.2) is 0 Å². The molecule has 0 radical (unpaired) electrons. The summed E-state index contributed by atoms with van der Waals surface area (Å²) >= 11 is 4.99. The Morgan fingerprint density at radius 2 is 1.91 bits per heavy atom. The zero-order valence-corrected chi connectivity index (χ0v) is 7.24. The number of hydrogen-bond acceptors (Lipinski definition) is 1. The van der Waals surface area contributed by atoms with Gasteiger partial charge in [-0.1, -0.05) is 13.8 Å². The van der Waals surface area contributed by atoms with Crippen LogP contribution in [0.5, 0.6) is 0 Å². The fourth-order valence-corrected chi connectivity index (χ4v) is 0.979. The molecule has 1 nitrogen and oxygen atoms in total. The lowest BCUT2D eigenvalue weighted by molar-refractivity contribution is -0.114. The van der Waals surface area contributed by atoms with Crippen LogP contribution in [-0.2, 0) is 4.79 Å². The summed E-state index contributed by atoms with van der Waals surface area (Å²) in [6.45, 7) is 3.30. The lowest BCUT2D eigenvalue weighted by Gasteiger charge is -2.17. The lowest BCUT2D eigenvalue weighted by atomic mass is 9.94. The second-order valence-electron chi connectivity index (χ2n) is 2.80. The Morgan fingerprint density at radius 3 is 2.00 bits per heavy atom. The minimum Gasteiger partial charge on any atom is -0.281 e. The maximum atomic E-state index is 12.1. The Labute approximate surface area is 69.7 Å². The van der Waals surface area contributed by atoms with Gasteiger partial charge in [-0.25, -0.2) is 8.78 Å². The third-order valence-electron chi connectivity index (χ3n) is 1.58. The topological polar surface area (TPSA) is 17.1 Å². The zero-order chi connectivity index (χ0) is 9.02. The van der Waals surface area contributed by atoms with Gasteiger partial charge < -0.3 is 0 Å². The highest BCUT2D eigenvalue weighted by Crippen LogP contribution is 2.23. The Bertz CT molecular complexity index is 128. The Balaban J connectivity index is 4.00. The molecule has 11 heavy (non-hydrogen) atoms. The van der Waals surface area contributed by atoms with Crippen molar-refractivity contribution in [2.45, 2.75) is 26.7 Å². The molecule has 0 fully saturated rings. The molecule has 0 aliphatic rings. The van der Waals surface area contributed by atoms with Gasteiger partial charge in [0.1, 0.15) is 0 Å². The van der Waals surface area contributed by atoms with Crippen molar-refractivity contribution in [2.75, 3.05) is 0 Å². The monoisotopic (exact) mass is 184 g/mol. The highest BCUT2D eigenvalue weighted by molar-refractivity contribution is 6.63. The van der Waals surface area contributed by atoms with E-state index in [9.17, 15) is 13.6 Å². The van der Waals surface area contributed by atoms with E-state index >= 15 is 0 Å². The molecule has 66 valence electrons. The highest BCUT2D eigenvalue weighted by Gasteiger charge is 2.25. The van der Waals surface area contributed by atoms with Gasteiger partial charge in [-0.05, 0) is 17.5 Å². The van der Waals surface area contributed by atoms with Gasteiger partial charge in [0.25, 0.3) is 0 Å². The molecule has 0 heterocycles. The summed E-state index contributed by atoms with van der Waals surface area (Å²) in [5, 5.41) is -0.691. The zero-order valence-electron chi connectivity index (χ0n) is 6.48. The summed E-state index contributed by atoms with van der Waals surface area (Å²) in [4.78, 5) is 10.3. The van der Waals surface area contributed by atoms with Crippen LogP contribution >= 0.6 is 11.6 Å². The van der Waals surface area contributed by atoms with Crippen LogP contribution in [-0.4, -0.2) is 11.7 Å². The molecular weight excluding hydrogens is 174 g/mol. The second kappa shape index (κ2) is 4.65. The summed E-state index contributed by atoms with van der Waals surface area (Å²) in [6, 6.07) is 0. The average Bonchev–Trinajstić information content (AvgIpc) is 1.81. The van der Waals surface area contributed by atoms with E-state index in [1.165, 1.54) is 0 Å². The summed E-state index contributed by atoms with van der Waals surface area (Å²) < 4.78 is 24.2. The maximum Gasteiger partial charge on any atom is 0.242 e. The standard InChI is InChI=1S/C7H11ClF2O/c1-4(2)5(7(9)10)3-6(8)11/h4-5,7H,3H2,1-2H3. The quantitative estimate of drug-likeness (QED) is 0.614. The Hall–Kier alpha value is -0.180. The fraction of sp³-hybridized carbons (Fsp3) is 0.857. The van der Waals surface area contributed by atoms with E-state index in [1.807, 2.05) is 0 Å². The largest absolute Gasteiger partial charge is 0.281 e. The van der Waals surface area contributed by atoms with Crippen molar-refractivity contribution in [1.29, 1.82) is 0 Å². The molecule has 0 bridgehead atoms. The van der Waals surface area contributed by atoms with Crippen molar-refractivity contribution in [2.24, 2.45) is 11.8 Å².